The lowest BCUT2D eigenvalue weighted by atomic mass is 10.2. The fraction of sp³-hybridized carbons (Fsp3) is 0.538. The molecule has 0 aliphatic rings. The third-order valence-corrected chi connectivity index (χ3v) is 3.14. The molecule has 0 atom stereocenters. The molecule has 0 aliphatic carbocycles. The highest BCUT2D eigenvalue weighted by molar-refractivity contribution is 5.74. The quantitative estimate of drug-likeness (QED) is 0.818. The van der Waals surface area contributed by atoms with Crippen molar-refractivity contribution in [3.63, 3.8) is 0 Å². The van der Waals surface area contributed by atoms with Crippen LogP contribution in [0.25, 0.3) is 11.2 Å². The molecular formula is C13H18N4O4. The predicted molar refractivity (Wildman–Crippen MR) is 76.5 cm³/mol. The van der Waals surface area contributed by atoms with Crippen molar-refractivity contribution in [1.82, 2.24) is 19.1 Å². The summed E-state index contributed by atoms with van der Waals surface area (Å²) in [5, 5.41) is 8.94. The second-order valence-electron chi connectivity index (χ2n) is 5.28. The number of carbonyl (C=O) groups is 1. The molecule has 2 heterocycles. The van der Waals surface area contributed by atoms with Crippen molar-refractivity contribution in [3.05, 3.63) is 26.7 Å². The zero-order valence-corrected chi connectivity index (χ0v) is 12.2. The highest BCUT2D eigenvalue weighted by Gasteiger charge is 2.19. The van der Waals surface area contributed by atoms with Gasteiger partial charge in [-0.25, -0.2) is 9.78 Å². The van der Waals surface area contributed by atoms with Gasteiger partial charge in [-0.1, -0.05) is 13.8 Å². The van der Waals surface area contributed by atoms with Crippen LogP contribution in [0.2, 0.25) is 0 Å². The average molecular weight is 294 g/mol. The summed E-state index contributed by atoms with van der Waals surface area (Å²) in [5.41, 5.74) is -0.575. The minimum Gasteiger partial charge on any atom is -0.481 e. The van der Waals surface area contributed by atoms with Crippen LogP contribution in [-0.4, -0.2) is 30.2 Å². The van der Waals surface area contributed by atoms with Crippen molar-refractivity contribution in [1.29, 1.82) is 0 Å². The maximum Gasteiger partial charge on any atom is 0.330 e. The summed E-state index contributed by atoms with van der Waals surface area (Å²) in [4.78, 5) is 41.4. The van der Waals surface area contributed by atoms with Crippen LogP contribution in [0, 0.1) is 5.92 Å². The zero-order chi connectivity index (χ0) is 15.7. The van der Waals surface area contributed by atoms with Gasteiger partial charge in [-0.2, -0.15) is 0 Å². The molecule has 2 N–H and O–H groups in total. The molecular weight excluding hydrogens is 276 g/mol. The maximum absolute atomic E-state index is 12.0. The lowest BCUT2D eigenvalue weighted by molar-refractivity contribution is -0.136. The highest BCUT2D eigenvalue weighted by atomic mass is 16.4. The third kappa shape index (κ3) is 2.74. The van der Waals surface area contributed by atoms with Crippen molar-refractivity contribution in [2.45, 2.75) is 40.3 Å². The van der Waals surface area contributed by atoms with Gasteiger partial charge in [0.2, 0.25) is 0 Å². The number of aromatic amines is 1. The molecule has 0 fully saturated rings. The molecule has 2 aromatic heterocycles. The zero-order valence-electron chi connectivity index (χ0n) is 12.2. The first-order chi connectivity index (χ1) is 9.85. The molecule has 0 radical (unpaired) electrons. The first kappa shape index (κ1) is 15.0. The molecule has 114 valence electrons. The number of carboxylic acid groups (broad SMARTS) is 1. The third-order valence-electron chi connectivity index (χ3n) is 3.14. The summed E-state index contributed by atoms with van der Waals surface area (Å²) in [5.74, 6) is -0.575. The normalized spacial score (nSPS) is 11.4. The van der Waals surface area contributed by atoms with E-state index in [0.717, 1.165) is 0 Å². The highest BCUT2D eigenvalue weighted by Crippen LogP contribution is 2.13. The molecule has 8 heteroatoms. The lowest BCUT2D eigenvalue weighted by Gasteiger charge is -2.08. The number of nitrogens with zero attached hydrogens (tertiary/aromatic N) is 3. The fourth-order valence-electron chi connectivity index (χ4n) is 2.36. The van der Waals surface area contributed by atoms with Crippen LogP contribution in [0.5, 0.6) is 0 Å². The number of aromatic nitrogens is 4. The lowest BCUT2D eigenvalue weighted by Crippen LogP contribution is -2.32. The molecule has 8 nitrogen and oxygen atoms in total. The Kier molecular flexibility index (Phi) is 3.97. The summed E-state index contributed by atoms with van der Waals surface area (Å²) < 4.78 is 2.93. The minimum atomic E-state index is -1.03. The minimum absolute atomic E-state index is 0.187. The van der Waals surface area contributed by atoms with E-state index < -0.39 is 17.2 Å². The van der Waals surface area contributed by atoms with Gasteiger partial charge in [-0.05, 0) is 12.8 Å². The van der Waals surface area contributed by atoms with Crippen molar-refractivity contribution in [3.8, 4) is 0 Å². The number of H-pyrrole nitrogens is 1. The standard InChI is InChI=1S/C13H18N4O4/c1-4-16-8(5-9(18)19)14-11-10(16)12(20)15-13(21)17(11)6-7(2)3/h7H,4-6H2,1-3H3,(H,18,19)(H,15,20,21). The van der Waals surface area contributed by atoms with E-state index in [1.54, 1.807) is 11.5 Å². The summed E-state index contributed by atoms with van der Waals surface area (Å²) >= 11 is 0. The average Bonchev–Trinajstić information content (AvgIpc) is 2.71. The van der Waals surface area contributed by atoms with E-state index >= 15 is 0 Å². The monoisotopic (exact) mass is 294 g/mol. The summed E-state index contributed by atoms with van der Waals surface area (Å²) in [7, 11) is 0. The number of aryl methyl sites for hydroxylation is 1. The van der Waals surface area contributed by atoms with Crippen molar-refractivity contribution in [2.75, 3.05) is 0 Å². The number of carboxylic acids is 1. The molecule has 21 heavy (non-hydrogen) atoms. The molecule has 0 amide bonds. The Labute approximate surface area is 120 Å². The first-order valence-corrected chi connectivity index (χ1v) is 6.79. The van der Waals surface area contributed by atoms with Crippen LogP contribution in [-0.2, 0) is 24.3 Å². The van der Waals surface area contributed by atoms with E-state index in [9.17, 15) is 14.4 Å². The Hall–Kier alpha value is -2.38. The second kappa shape index (κ2) is 5.55. The van der Waals surface area contributed by atoms with Gasteiger partial charge in [0.1, 0.15) is 12.2 Å². The van der Waals surface area contributed by atoms with Gasteiger partial charge in [-0.3, -0.25) is 19.1 Å². The Bertz CT molecular complexity index is 797. The number of hydrogen-bond donors (Lipinski definition) is 2. The molecule has 0 aliphatic heterocycles. The van der Waals surface area contributed by atoms with E-state index in [2.05, 4.69) is 9.97 Å². The predicted octanol–water partition coefficient (Wildman–Crippen LogP) is 0.189. The Morgan fingerprint density at radius 1 is 1.33 bits per heavy atom. The molecule has 0 saturated heterocycles. The van der Waals surface area contributed by atoms with Gasteiger partial charge >= 0.3 is 11.7 Å². The first-order valence-electron chi connectivity index (χ1n) is 6.79. The number of fused-ring (bicyclic) bond motifs is 1. The number of rotatable bonds is 5. The summed E-state index contributed by atoms with van der Waals surface area (Å²) in [6, 6.07) is 0. The molecule has 0 aromatic carbocycles. The molecule has 0 unspecified atom stereocenters. The Morgan fingerprint density at radius 3 is 2.52 bits per heavy atom. The van der Waals surface area contributed by atoms with Crippen LogP contribution in [0.4, 0.5) is 0 Å². The van der Waals surface area contributed by atoms with E-state index in [-0.39, 0.29) is 29.3 Å². The van der Waals surface area contributed by atoms with Gasteiger partial charge in [0.15, 0.2) is 11.2 Å². The van der Waals surface area contributed by atoms with Crippen LogP contribution >= 0.6 is 0 Å². The van der Waals surface area contributed by atoms with Crippen LogP contribution in [0.15, 0.2) is 9.59 Å². The number of nitrogens with one attached hydrogen (secondary N) is 1. The number of hydrogen-bond acceptors (Lipinski definition) is 4. The number of aliphatic carboxylic acids is 1. The van der Waals surface area contributed by atoms with Gasteiger partial charge in [0.25, 0.3) is 5.56 Å². The summed E-state index contributed by atoms with van der Waals surface area (Å²) in [6.45, 7) is 6.49. The van der Waals surface area contributed by atoms with Gasteiger partial charge in [-0.15, -0.1) is 0 Å². The van der Waals surface area contributed by atoms with Crippen LogP contribution in [0.1, 0.15) is 26.6 Å². The van der Waals surface area contributed by atoms with Crippen molar-refractivity contribution in [2.24, 2.45) is 5.92 Å². The van der Waals surface area contributed by atoms with Crippen molar-refractivity contribution < 1.29 is 9.90 Å². The van der Waals surface area contributed by atoms with Crippen LogP contribution < -0.4 is 11.2 Å². The maximum atomic E-state index is 12.0. The molecule has 0 bridgehead atoms. The largest absolute Gasteiger partial charge is 0.481 e. The van der Waals surface area contributed by atoms with E-state index in [1.165, 1.54) is 4.57 Å². The molecule has 0 saturated carbocycles. The Balaban J connectivity index is 2.82. The molecule has 0 spiro atoms. The van der Waals surface area contributed by atoms with Gasteiger partial charge < -0.3 is 9.67 Å². The smallest absolute Gasteiger partial charge is 0.330 e. The molecule has 2 rings (SSSR count). The van der Waals surface area contributed by atoms with Gasteiger partial charge in [0.05, 0.1) is 0 Å². The number of imidazole rings is 1. The Morgan fingerprint density at radius 2 is 2.00 bits per heavy atom. The van der Waals surface area contributed by atoms with Crippen molar-refractivity contribution >= 4 is 17.1 Å². The molecule has 2 aromatic rings. The topological polar surface area (TPSA) is 110 Å². The van der Waals surface area contributed by atoms with E-state index in [1.807, 2.05) is 13.8 Å². The van der Waals surface area contributed by atoms with Gasteiger partial charge in [0, 0.05) is 13.1 Å². The summed E-state index contributed by atoms with van der Waals surface area (Å²) in [6.07, 6.45) is -0.294. The SMILES string of the molecule is CCn1c(CC(=O)O)nc2c1c(=O)[nH]c(=O)n2CC(C)C. The van der Waals surface area contributed by atoms with E-state index in [4.69, 9.17) is 5.11 Å². The van der Waals surface area contributed by atoms with E-state index in [0.29, 0.717) is 13.1 Å². The van der Waals surface area contributed by atoms with Crippen LogP contribution in [0.3, 0.4) is 0 Å². The second-order valence-corrected chi connectivity index (χ2v) is 5.28. The fourth-order valence-corrected chi connectivity index (χ4v) is 2.36.